The maximum atomic E-state index is 10.7. The smallest absolute Gasteiger partial charge is 0.272 e. The molecule has 0 aromatic carbocycles. The van der Waals surface area contributed by atoms with E-state index in [0.29, 0.717) is 4.90 Å². The minimum absolute atomic E-state index is 0.0306. The Morgan fingerprint density at radius 1 is 1.75 bits per heavy atom. The first-order valence-corrected chi connectivity index (χ1v) is 3.76. The van der Waals surface area contributed by atoms with E-state index < -0.39 is 5.24 Å². The normalized spacial score (nSPS) is 9.08. The standard InChI is InChI=1S/C7H3ClN2OS/c8-7(11)6-4(2-9)1-5(12)3-10-6/h1,3,12H. The van der Waals surface area contributed by atoms with Gasteiger partial charge in [0.2, 0.25) is 0 Å². The van der Waals surface area contributed by atoms with Crippen molar-refractivity contribution in [2.45, 2.75) is 4.90 Å². The molecule has 0 spiro atoms. The number of pyridine rings is 1. The van der Waals surface area contributed by atoms with Crippen LogP contribution < -0.4 is 0 Å². The summed E-state index contributed by atoms with van der Waals surface area (Å²) in [7, 11) is 0. The summed E-state index contributed by atoms with van der Waals surface area (Å²) in [5.74, 6) is 0. The molecule has 0 fully saturated rings. The van der Waals surface area contributed by atoms with Gasteiger partial charge in [0, 0.05) is 11.1 Å². The van der Waals surface area contributed by atoms with E-state index in [9.17, 15) is 4.79 Å². The summed E-state index contributed by atoms with van der Waals surface area (Å²) in [6.45, 7) is 0. The van der Waals surface area contributed by atoms with Crippen LogP contribution in [-0.4, -0.2) is 10.2 Å². The van der Waals surface area contributed by atoms with Gasteiger partial charge in [0.25, 0.3) is 5.24 Å². The number of hydrogen-bond acceptors (Lipinski definition) is 4. The number of aromatic nitrogens is 1. The van der Waals surface area contributed by atoms with Gasteiger partial charge >= 0.3 is 0 Å². The van der Waals surface area contributed by atoms with E-state index in [1.165, 1.54) is 12.3 Å². The molecule has 0 aliphatic rings. The van der Waals surface area contributed by atoms with Gasteiger partial charge in [-0.1, -0.05) is 0 Å². The quantitative estimate of drug-likeness (QED) is 0.551. The third kappa shape index (κ3) is 1.76. The summed E-state index contributed by atoms with van der Waals surface area (Å²) in [6, 6.07) is 3.24. The van der Waals surface area contributed by atoms with Crippen LogP contribution in [0.4, 0.5) is 0 Å². The van der Waals surface area contributed by atoms with Crippen molar-refractivity contribution in [2.75, 3.05) is 0 Å². The highest BCUT2D eigenvalue weighted by molar-refractivity contribution is 7.80. The summed E-state index contributed by atoms with van der Waals surface area (Å²) < 4.78 is 0. The van der Waals surface area contributed by atoms with E-state index in [1.807, 2.05) is 0 Å². The highest BCUT2D eigenvalue weighted by Gasteiger charge is 2.09. The van der Waals surface area contributed by atoms with E-state index in [2.05, 4.69) is 17.6 Å². The number of thiol groups is 1. The summed E-state index contributed by atoms with van der Waals surface area (Å²) in [5, 5.41) is 7.82. The molecule has 3 nitrogen and oxygen atoms in total. The topological polar surface area (TPSA) is 53.8 Å². The van der Waals surface area contributed by atoms with Crippen molar-refractivity contribution >= 4 is 29.5 Å². The van der Waals surface area contributed by atoms with Crippen LogP contribution >= 0.6 is 24.2 Å². The zero-order chi connectivity index (χ0) is 9.14. The Morgan fingerprint density at radius 2 is 2.42 bits per heavy atom. The molecule has 1 rings (SSSR count). The lowest BCUT2D eigenvalue weighted by Crippen LogP contribution is -1.97. The summed E-state index contributed by atoms with van der Waals surface area (Å²) >= 11 is 9.12. The number of carbonyl (C=O) groups is 1. The van der Waals surface area contributed by atoms with Crippen molar-refractivity contribution in [3.05, 3.63) is 23.5 Å². The van der Waals surface area contributed by atoms with Crippen LogP contribution in [0.1, 0.15) is 16.1 Å². The second-order valence-electron chi connectivity index (χ2n) is 1.98. The molecule has 0 saturated carbocycles. The van der Waals surface area contributed by atoms with Crippen molar-refractivity contribution in [1.82, 2.24) is 4.98 Å². The zero-order valence-corrected chi connectivity index (χ0v) is 7.43. The predicted molar refractivity (Wildman–Crippen MR) is 46.4 cm³/mol. The van der Waals surface area contributed by atoms with E-state index in [-0.39, 0.29) is 11.3 Å². The average molecular weight is 199 g/mol. The van der Waals surface area contributed by atoms with Crippen LogP contribution in [0.2, 0.25) is 0 Å². The predicted octanol–water partition coefficient (Wildman–Crippen LogP) is 1.62. The van der Waals surface area contributed by atoms with E-state index in [0.717, 1.165) is 0 Å². The van der Waals surface area contributed by atoms with Crippen LogP contribution in [0.25, 0.3) is 0 Å². The van der Waals surface area contributed by atoms with Crippen LogP contribution in [-0.2, 0) is 0 Å². The zero-order valence-electron chi connectivity index (χ0n) is 5.78. The second-order valence-corrected chi connectivity index (χ2v) is 2.83. The first kappa shape index (κ1) is 9.04. The molecule has 1 aromatic rings. The van der Waals surface area contributed by atoms with Gasteiger partial charge in [0.05, 0.1) is 5.56 Å². The Kier molecular flexibility index (Phi) is 2.69. The average Bonchev–Trinajstić information content (AvgIpc) is 2.03. The van der Waals surface area contributed by atoms with Gasteiger partial charge in [-0.3, -0.25) is 4.79 Å². The number of nitrogens with zero attached hydrogens (tertiary/aromatic N) is 2. The van der Waals surface area contributed by atoms with Gasteiger partial charge in [-0.05, 0) is 17.7 Å². The number of carbonyl (C=O) groups excluding carboxylic acids is 1. The molecule has 0 radical (unpaired) electrons. The Balaban J connectivity index is 3.32. The Labute approximate surface area is 79.4 Å². The molecule has 0 atom stereocenters. The highest BCUT2D eigenvalue weighted by Crippen LogP contribution is 2.12. The fourth-order valence-electron chi connectivity index (χ4n) is 0.696. The molecule has 0 amide bonds. The number of nitriles is 1. The first-order chi connectivity index (χ1) is 5.65. The van der Waals surface area contributed by atoms with Crippen LogP contribution in [0.15, 0.2) is 17.2 Å². The van der Waals surface area contributed by atoms with Crippen molar-refractivity contribution in [3.63, 3.8) is 0 Å². The first-order valence-electron chi connectivity index (χ1n) is 2.94. The molecule has 0 unspecified atom stereocenters. The molecule has 0 aliphatic carbocycles. The van der Waals surface area contributed by atoms with Crippen molar-refractivity contribution in [2.24, 2.45) is 0 Å². The lowest BCUT2D eigenvalue weighted by atomic mass is 10.2. The summed E-state index contributed by atoms with van der Waals surface area (Å²) in [4.78, 5) is 14.9. The van der Waals surface area contributed by atoms with E-state index in [4.69, 9.17) is 16.9 Å². The SMILES string of the molecule is N#Cc1cc(S)cnc1C(=O)Cl. The molecule has 1 aromatic heterocycles. The highest BCUT2D eigenvalue weighted by atomic mass is 35.5. The third-order valence-electron chi connectivity index (χ3n) is 1.18. The summed E-state index contributed by atoms with van der Waals surface area (Å²) in [5.41, 5.74) is 0.111. The van der Waals surface area contributed by atoms with Gasteiger partial charge in [0.15, 0.2) is 0 Å². The molecule has 60 valence electrons. The van der Waals surface area contributed by atoms with Gasteiger partial charge < -0.3 is 0 Å². The fraction of sp³-hybridized carbons (Fsp3) is 0. The number of hydrogen-bond donors (Lipinski definition) is 1. The van der Waals surface area contributed by atoms with Crippen molar-refractivity contribution in [3.8, 4) is 6.07 Å². The second kappa shape index (κ2) is 3.57. The maximum Gasteiger partial charge on any atom is 0.272 e. The number of halogens is 1. The van der Waals surface area contributed by atoms with Gasteiger partial charge in [-0.15, -0.1) is 12.6 Å². The van der Waals surface area contributed by atoms with E-state index >= 15 is 0 Å². The van der Waals surface area contributed by atoms with Crippen molar-refractivity contribution in [1.29, 1.82) is 5.26 Å². The van der Waals surface area contributed by atoms with Crippen LogP contribution in [0.3, 0.4) is 0 Å². The molecule has 0 aliphatic heterocycles. The van der Waals surface area contributed by atoms with Crippen LogP contribution in [0, 0.1) is 11.3 Å². The monoisotopic (exact) mass is 198 g/mol. The molecule has 1 heterocycles. The Morgan fingerprint density at radius 3 is 2.92 bits per heavy atom. The number of rotatable bonds is 1. The fourth-order valence-corrected chi connectivity index (χ4v) is 1.03. The molecular weight excluding hydrogens is 196 g/mol. The Hall–Kier alpha value is -1.05. The van der Waals surface area contributed by atoms with Gasteiger partial charge in [0.1, 0.15) is 11.8 Å². The third-order valence-corrected chi connectivity index (χ3v) is 1.60. The van der Waals surface area contributed by atoms with Crippen molar-refractivity contribution < 1.29 is 4.79 Å². The molecule has 0 N–H and O–H groups in total. The van der Waals surface area contributed by atoms with Gasteiger partial charge in [-0.2, -0.15) is 5.26 Å². The lowest BCUT2D eigenvalue weighted by molar-refractivity contribution is 0.107. The lowest BCUT2D eigenvalue weighted by Gasteiger charge is -1.96. The molecule has 0 saturated heterocycles. The Bertz CT molecular complexity index is 372. The van der Waals surface area contributed by atoms with Gasteiger partial charge in [-0.25, -0.2) is 4.98 Å². The van der Waals surface area contributed by atoms with Crippen LogP contribution in [0.5, 0.6) is 0 Å². The molecule has 5 heteroatoms. The minimum atomic E-state index is -0.736. The largest absolute Gasteiger partial charge is 0.274 e. The molecular formula is C7H3ClN2OS. The maximum absolute atomic E-state index is 10.7. The molecule has 12 heavy (non-hydrogen) atoms. The van der Waals surface area contributed by atoms with E-state index in [1.54, 1.807) is 6.07 Å². The summed E-state index contributed by atoms with van der Waals surface area (Å²) in [6.07, 6.45) is 1.36. The molecule has 0 bridgehead atoms. The minimum Gasteiger partial charge on any atom is -0.274 e.